The summed E-state index contributed by atoms with van der Waals surface area (Å²) in [4.78, 5) is 19.3. The van der Waals surface area contributed by atoms with Crippen LogP contribution in [0.3, 0.4) is 0 Å². The molecule has 2 rings (SSSR count). The van der Waals surface area contributed by atoms with Crippen LogP contribution >= 0.6 is 0 Å². The summed E-state index contributed by atoms with van der Waals surface area (Å²) in [7, 11) is 1.58. The molecule has 1 N–H and O–H groups in total. The number of nitrogens with zero attached hydrogens (tertiary/aromatic N) is 3. The van der Waals surface area contributed by atoms with Gasteiger partial charge in [0.05, 0.1) is 19.0 Å². The summed E-state index contributed by atoms with van der Waals surface area (Å²) in [5.74, 6) is 0.385. The molecule has 1 aromatic heterocycles. The van der Waals surface area contributed by atoms with Gasteiger partial charge in [-0.15, -0.1) is 0 Å². The Labute approximate surface area is 106 Å². The fraction of sp³-hybridized carbons (Fsp3) is 0.500. The van der Waals surface area contributed by atoms with Crippen LogP contribution in [0.4, 0.5) is 5.69 Å². The van der Waals surface area contributed by atoms with Gasteiger partial charge < -0.3 is 19.6 Å². The van der Waals surface area contributed by atoms with Crippen LogP contribution in [0.15, 0.2) is 18.3 Å². The molecule has 6 nitrogen and oxygen atoms in total. The normalized spacial score (nSPS) is 15.7. The highest BCUT2D eigenvalue weighted by atomic mass is 16.5. The van der Waals surface area contributed by atoms with E-state index in [0.717, 1.165) is 18.8 Å². The summed E-state index contributed by atoms with van der Waals surface area (Å²) >= 11 is 0. The molecule has 0 spiro atoms. The Hall–Kier alpha value is -1.82. The fourth-order valence-electron chi connectivity index (χ4n) is 1.99. The van der Waals surface area contributed by atoms with Crippen LogP contribution in [0, 0.1) is 0 Å². The lowest BCUT2D eigenvalue weighted by Crippen LogP contribution is -2.49. The molecule has 0 aromatic carbocycles. The van der Waals surface area contributed by atoms with Gasteiger partial charge in [-0.2, -0.15) is 0 Å². The summed E-state index contributed by atoms with van der Waals surface area (Å²) in [5.41, 5.74) is 1.02. The van der Waals surface area contributed by atoms with Gasteiger partial charge in [0.25, 0.3) is 0 Å². The molecule has 1 fully saturated rings. The number of aliphatic hydroxyl groups excluding tert-OH is 1. The van der Waals surface area contributed by atoms with E-state index in [1.165, 1.54) is 0 Å². The summed E-state index contributed by atoms with van der Waals surface area (Å²) in [6.45, 7) is 2.35. The number of hydrogen-bond acceptors (Lipinski definition) is 5. The highest BCUT2D eigenvalue weighted by molar-refractivity contribution is 5.77. The second kappa shape index (κ2) is 5.68. The van der Waals surface area contributed by atoms with E-state index in [1.54, 1.807) is 18.2 Å². The van der Waals surface area contributed by atoms with Crippen molar-refractivity contribution in [3.05, 3.63) is 18.3 Å². The third-order valence-corrected chi connectivity index (χ3v) is 3.06. The molecule has 1 saturated heterocycles. The number of amides is 1. The molecular formula is C12H17N3O3. The van der Waals surface area contributed by atoms with Crippen molar-refractivity contribution in [1.29, 1.82) is 0 Å². The van der Waals surface area contributed by atoms with Crippen LogP contribution in [0.2, 0.25) is 0 Å². The number of methoxy groups -OCH3 is 1. The number of aliphatic hydroxyl groups is 1. The highest BCUT2D eigenvalue weighted by Crippen LogP contribution is 2.17. The van der Waals surface area contributed by atoms with Crippen molar-refractivity contribution in [1.82, 2.24) is 9.88 Å². The number of pyridine rings is 1. The van der Waals surface area contributed by atoms with Crippen LogP contribution in [0.5, 0.6) is 5.88 Å². The molecule has 1 aromatic rings. The van der Waals surface area contributed by atoms with Crippen LogP contribution in [-0.4, -0.2) is 60.8 Å². The van der Waals surface area contributed by atoms with Crippen molar-refractivity contribution >= 4 is 11.6 Å². The van der Waals surface area contributed by atoms with Crippen molar-refractivity contribution in [2.75, 3.05) is 44.8 Å². The minimum Gasteiger partial charge on any atom is -0.481 e. The van der Waals surface area contributed by atoms with Gasteiger partial charge in [-0.3, -0.25) is 4.79 Å². The molecule has 0 atom stereocenters. The average molecular weight is 251 g/mol. The van der Waals surface area contributed by atoms with Gasteiger partial charge in [0.2, 0.25) is 11.8 Å². The Balaban J connectivity index is 1.94. The van der Waals surface area contributed by atoms with E-state index >= 15 is 0 Å². The Morgan fingerprint density at radius 1 is 1.39 bits per heavy atom. The number of anilines is 1. The second-order valence-corrected chi connectivity index (χ2v) is 4.08. The van der Waals surface area contributed by atoms with Crippen molar-refractivity contribution < 1.29 is 14.6 Å². The monoisotopic (exact) mass is 251 g/mol. The maximum absolute atomic E-state index is 11.3. The standard InChI is InChI=1S/C12H17N3O3/c1-18-11-3-2-10(8-13-11)14-4-6-15(7-5-14)12(17)9-16/h2-3,8,16H,4-7,9H2,1H3. The zero-order chi connectivity index (χ0) is 13.0. The molecule has 1 aliphatic rings. The van der Waals surface area contributed by atoms with Gasteiger partial charge in [-0.1, -0.05) is 0 Å². The average Bonchev–Trinajstić information content (AvgIpc) is 2.47. The first-order chi connectivity index (χ1) is 8.74. The molecule has 0 bridgehead atoms. The third kappa shape index (κ3) is 2.70. The zero-order valence-electron chi connectivity index (χ0n) is 10.4. The maximum Gasteiger partial charge on any atom is 0.248 e. The van der Waals surface area contributed by atoms with Gasteiger partial charge in [-0.25, -0.2) is 4.98 Å². The van der Waals surface area contributed by atoms with Crippen molar-refractivity contribution in [3.8, 4) is 5.88 Å². The van der Waals surface area contributed by atoms with E-state index in [9.17, 15) is 4.79 Å². The summed E-state index contributed by atoms with van der Waals surface area (Å²) < 4.78 is 5.01. The third-order valence-electron chi connectivity index (χ3n) is 3.06. The van der Waals surface area contributed by atoms with Crippen LogP contribution < -0.4 is 9.64 Å². The first kappa shape index (κ1) is 12.6. The smallest absolute Gasteiger partial charge is 0.248 e. The zero-order valence-corrected chi connectivity index (χ0v) is 10.4. The fourth-order valence-corrected chi connectivity index (χ4v) is 1.99. The topological polar surface area (TPSA) is 65.9 Å². The first-order valence-electron chi connectivity index (χ1n) is 5.88. The van der Waals surface area contributed by atoms with E-state index in [-0.39, 0.29) is 5.91 Å². The molecular weight excluding hydrogens is 234 g/mol. The van der Waals surface area contributed by atoms with Crippen LogP contribution in [0.25, 0.3) is 0 Å². The van der Waals surface area contributed by atoms with Crippen LogP contribution in [-0.2, 0) is 4.79 Å². The number of piperazine rings is 1. The molecule has 1 aliphatic heterocycles. The Morgan fingerprint density at radius 3 is 2.61 bits per heavy atom. The Kier molecular flexibility index (Phi) is 3.99. The van der Waals surface area contributed by atoms with Gasteiger partial charge in [0.15, 0.2) is 0 Å². The first-order valence-corrected chi connectivity index (χ1v) is 5.88. The Bertz CT molecular complexity index is 400. The number of aromatic nitrogens is 1. The van der Waals surface area contributed by atoms with Gasteiger partial charge in [0.1, 0.15) is 6.61 Å². The molecule has 0 aliphatic carbocycles. The van der Waals surface area contributed by atoms with Gasteiger partial charge in [-0.05, 0) is 6.07 Å². The lowest BCUT2D eigenvalue weighted by Gasteiger charge is -2.35. The molecule has 0 saturated carbocycles. The number of carbonyl (C=O) groups excluding carboxylic acids is 1. The molecule has 6 heteroatoms. The summed E-state index contributed by atoms with van der Waals surface area (Å²) in [6, 6.07) is 3.77. The quantitative estimate of drug-likeness (QED) is 0.801. The molecule has 18 heavy (non-hydrogen) atoms. The molecule has 0 unspecified atom stereocenters. The van der Waals surface area contributed by atoms with Gasteiger partial charge >= 0.3 is 0 Å². The summed E-state index contributed by atoms with van der Waals surface area (Å²) in [5, 5.41) is 8.80. The number of carbonyl (C=O) groups is 1. The number of rotatable bonds is 3. The molecule has 0 radical (unpaired) electrons. The van der Waals surface area contributed by atoms with E-state index < -0.39 is 6.61 Å². The minimum absolute atomic E-state index is 0.206. The predicted octanol–water partition coefficient (Wildman–Crippen LogP) is -0.269. The molecule has 1 amide bonds. The minimum atomic E-state index is -0.413. The summed E-state index contributed by atoms with van der Waals surface area (Å²) in [6.07, 6.45) is 1.77. The number of ether oxygens (including phenoxy) is 1. The maximum atomic E-state index is 11.3. The predicted molar refractivity (Wildman–Crippen MR) is 66.7 cm³/mol. The van der Waals surface area contributed by atoms with Crippen molar-refractivity contribution in [3.63, 3.8) is 0 Å². The van der Waals surface area contributed by atoms with E-state index in [4.69, 9.17) is 9.84 Å². The Morgan fingerprint density at radius 2 is 2.11 bits per heavy atom. The van der Waals surface area contributed by atoms with Crippen LogP contribution in [0.1, 0.15) is 0 Å². The number of hydrogen-bond donors (Lipinski definition) is 1. The second-order valence-electron chi connectivity index (χ2n) is 4.08. The van der Waals surface area contributed by atoms with E-state index in [1.807, 2.05) is 12.1 Å². The molecule has 2 heterocycles. The van der Waals surface area contributed by atoms with E-state index in [0.29, 0.717) is 19.0 Å². The van der Waals surface area contributed by atoms with Crippen molar-refractivity contribution in [2.45, 2.75) is 0 Å². The van der Waals surface area contributed by atoms with E-state index in [2.05, 4.69) is 9.88 Å². The highest BCUT2D eigenvalue weighted by Gasteiger charge is 2.20. The van der Waals surface area contributed by atoms with Crippen molar-refractivity contribution in [2.24, 2.45) is 0 Å². The SMILES string of the molecule is COc1ccc(N2CCN(C(=O)CO)CC2)cn1. The lowest BCUT2D eigenvalue weighted by molar-refractivity contribution is -0.134. The largest absolute Gasteiger partial charge is 0.481 e. The lowest BCUT2D eigenvalue weighted by atomic mass is 10.2. The molecule has 98 valence electrons. The van der Waals surface area contributed by atoms with Gasteiger partial charge in [0, 0.05) is 32.2 Å².